The molecule has 1 atom stereocenters. The molecule has 0 aromatic heterocycles. The molecule has 0 spiro atoms. The minimum Gasteiger partial charge on any atom is -0.394 e. The number of nitrogens with zero attached hydrogens (tertiary/aromatic N) is 1. The maximum absolute atomic E-state index is 10.2. The van der Waals surface area contributed by atoms with E-state index in [-0.39, 0.29) is 13.2 Å². The molecule has 0 aromatic carbocycles. The summed E-state index contributed by atoms with van der Waals surface area (Å²) in [5.74, 6) is 0. The maximum atomic E-state index is 10.2. The van der Waals surface area contributed by atoms with Gasteiger partial charge in [-0.15, -0.1) is 0 Å². The molecule has 0 heterocycles. The number of aliphatic hydroxyl groups is 2. The van der Waals surface area contributed by atoms with Crippen LogP contribution < -0.4 is 0 Å². The fraction of sp³-hybridized carbons (Fsp3) is 1.00. The highest BCUT2D eigenvalue weighted by atomic mass is 31.2. The molecule has 0 saturated carbocycles. The van der Waals surface area contributed by atoms with Gasteiger partial charge in [0.15, 0.2) is 0 Å². The quantitative estimate of drug-likeness (QED) is 0.379. The molecule has 0 aliphatic heterocycles. The minimum absolute atomic E-state index is 0.0772. The monoisotopic (exact) mass is 260 g/mol. The molecule has 4 N–H and O–H groups in total. The van der Waals surface area contributed by atoms with Gasteiger partial charge in [-0.25, -0.2) is 4.57 Å². The lowest BCUT2D eigenvalue weighted by atomic mass is 10.5. The maximum Gasteiger partial charge on any atom is 0.469 e. The zero-order chi connectivity index (χ0) is 13.4. The second kappa shape index (κ2) is 8.14. The van der Waals surface area contributed by atoms with Gasteiger partial charge in [0.1, 0.15) is 13.2 Å². The number of rotatable bonds is 5. The van der Waals surface area contributed by atoms with E-state index < -0.39 is 13.9 Å². The molecule has 0 bridgehead atoms. The van der Waals surface area contributed by atoms with Crippen LogP contribution in [0.2, 0.25) is 0 Å². The van der Waals surface area contributed by atoms with Crippen molar-refractivity contribution in [1.82, 2.24) is 0 Å². The first-order valence-electron chi connectivity index (χ1n) is 4.77. The van der Waals surface area contributed by atoms with Crippen LogP contribution in [0.15, 0.2) is 0 Å². The highest BCUT2D eigenvalue weighted by molar-refractivity contribution is 7.46. The summed E-state index contributed by atoms with van der Waals surface area (Å²) < 4.78 is 15.1. The van der Waals surface area contributed by atoms with Gasteiger partial charge in [0.05, 0.1) is 33.9 Å². The van der Waals surface area contributed by atoms with Crippen molar-refractivity contribution >= 4 is 7.82 Å². The van der Waals surface area contributed by atoms with Crippen LogP contribution in [0.1, 0.15) is 6.92 Å². The van der Waals surface area contributed by atoms with Gasteiger partial charge in [-0.1, -0.05) is 0 Å². The second-order valence-electron chi connectivity index (χ2n) is 4.37. The normalized spacial score (nSPS) is 14.0. The molecule has 7 nitrogen and oxygen atoms in total. The van der Waals surface area contributed by atoms with E-state index in [1.807, 2.05) is 21.1 Å². The molecule has 0 saturated heterocycles. The van der Waals surface area contributed by atoms with Crippen LogP contribution in [-0.4, -0.2) is 71.5 Å². The molecule has 0 fully saturated rings. The highest BCUT2D eigenvalue weighted by Crippen LogP contribution is 2.35. The van der Waals surface area contributed by atoms with Crippen molar-refractivity contribution in [2.45, 2.75) is 13.0 Å². The van der Waals surface area contributed by atoms with Crippen molar-refractivity contribution in [3.8, 4) is 0 Å². The first-order valence-corrected chi connectivity index (χ1v) is 6.30. The number of phosphoric ester groups is 1. The Morgan fingerprint density at radius 3 is 1.88 bits per heavy atom. The summed E-state index contributed by atoms with van der Waals surface area (Å²) in [6.07, 6.45) is -0.560. The average molecular weight is 260 g/mol. The number of hydrogen-bond donors (Lipinski definition) is 4. The summed E-state index contributed by atoms with van der Waals surface area (Å²) in [5.41, 5.74) is 0. The molecule has 0 aromatic rings. The van der Waals surface area contributed by atoms with Crippen molar-refractivity contribution < 1.29 is 33.6 Å². The Hall–Kier alpha value is -0.0100. The summed E-state index contributed by atoms with van der Waals surface area (Å²) in [6, 6.07) is 0. The van der Waals surface area contributed by atoms with Crippen LogP contribution in [0.4, 0.5) is 0 Å². The van der Waals surface area contributed by atoms with E-state index in [1.54, 1.807) is 0 Å². The summed E-state index contributed by atoms with van der Waals surface area (Å²) in [6.45, 7) is 2.04. The van der Waals surface area contributed by atoms with Gasteiger partial charge < -0.3 is 24.5 Å². The van der Waals surface area contributed by atoms with Crippen molar-refractivity contribution in [2.75, 3.05) is 40.9 Å². The van der Waals surface area contributed by atoms with Gasteiger partial charge in [-0.2, -0.15) is 0 Å². The zero-order valence-corrected chi connectivity index (χ0v) is 11.1. The third-order valence-corrected chi connectivity index (χ3v) is 1.80. The molecule has 0 aliphatic rings. The number of phosphoric acid groups is 1. The summed E-state index contributed by atoms with van der Waals surface area (Å²) in [4.78, 5) is 16.6. The van der Waals surface area contributed by atoms with E-state index >= 15 is 0 Å². The molecule has 1 unspecified atom stereocenters. The molecule has 0 aliphatic carbocycles. The Kier molecular flexibility index (Phi) is 9.33. The van der Waals surface area contributed by atoms with E-state index in [0.29, 0.717) is 11.0 Å². The molecule has 8 heteroatoms. The van der Waals surface area contributed by atoms with Crippen molar-refractivity contribution in [2.24, 2.45) is 0 Å². The Balaban J connectivity index is 0. The fourth-order valence-corrected chi connectivity index (χ4v) is 0.753. The number of aliphatic hydroxyl groups excluding tert-OH is 2. The van der Waals surface area contributed by atoms with Gasteiger partial charge in [0.2, 0.25) is 0 Å². The summed E-state index contributed by atoms with van der Waals surface area (Å²) in [7, 11) is 1.50. The second-order valence-corrected chi connectivity index (χ2v) is 5.61. The third kappa shape index (κ3) is 23.7. The van der Waals surface area contributed by atoms with E-state index in [9.17, 15) is 4.57 Å². The van der Waals surface area contributed by atoms with Crippen LogP contribution in [0.25, 0.3) is 0 Å². The lowest BCUT2D eigenvalue weighted by Crippen LogP contribution is -2.37. The van der Waals surface area contributed by atoms with Gasteiger partial charge in [-0.3, -0.25) is 4.52 Å². The fourth-order valence-electron chi connectivity index (χ4n) is 0.434. The smallest absolute Gasteiger partial charge is 0.394 e. The topological polar surface area (TPSA) is 107 Å². The number of hydrogen-bond acceptors (Lipinski definition) is 4. The summed E-state index contributed by atoms with van der Waals surface area (Å²) in [5, 5.41) is 16.0. The van der Waals surface area contributed by atoms with Crippen LogP contribution in [0.3, 0.4) is 0 Å². The lowest BCUT2D eigenvalue weighted by molar-refractivity contribution is -0.870. The molecular weight excluding hydrogens is 237 g/mol. The first-order chi connectivity index (χ1) is 6.98. The number of quaternary nitrogens is 1. The van der Waals surface area contributed by atoms with Gasteiger partial charge in [0.25, 0.3) is 0 Å². The molecule has 0 amide bonds. The predicted molar refractivity (Wildman–Crippen MR) is 59.7 cm³/mol. The van der Waals surface area contributed by atoms with Crippen molar-refractivity contribution in [3.63, 3.8) is 0 Å². The molecule has 16 heavy (non-hydrogen) atoms. The Morgan fingerprint density at radius 2 is 1.69 bits per heavy atom. The Bertz CT molecular complexity index is 209. The molecule has 100 valence electrons. The van der Waals surface area contributed by atoms with E-state index in [4.69, 9.17) is 20.0 Å². The Labute approximate surface area is 96.1 Å². The molecule has 0 rings (SSSR count). The van der Waals surface area contributed by atoms with Gasteiger partial charge >= 0.3 is 7.82 Å². The van der Waals surface area contributed by atoms with Crippen LogP contribution in [-0.2, 0) is 9.09 Å². The van der Waals surface area contributed by atoms with E-state index in [0.717, 1.165) is 0 Å². The Morgan fingerprint density at radius 1 is 1.31 bits per heavy atom. The first kappa shape index (κ1) is 18.4. The number of likely N-dealkylation sites (N-methyl/N-ethyl adjacent to an activating group) is 1. The standard InChI is InChI=1S/C5H14NO4P.C3H8O2/c1-6(2,3)4-5-10-11(7,8)9;1-3(5)2-4/h4-5H2,1-3H3,(H-,7,8,9);3-5H,2H2,1H3/p+1. The van der Waals surface area contributed by atoms with Gasteiger partial charge in [0, 0.05) is 0 Å². The van der Waals surface area contributed by atoms with Gasteiger partial charge in [-0.05, 0) is 6.92 Å². The lowest BCUT2D eigenvalue weighted by Gasteiger charge is -2.23. The largest absolute Gasteiger partial charge is 0.469 e. The SMILES string of the molecule is CC(O)CO.C[N+](C)(C)CCOP(=O)(O)O. The minimum atomic E-state index is -4.26. The van der Waals surface area contributed by atoms with E-state index in [1.165, 1.54) is 6.92 Å². The predicted octanol–water partition coefficient (Wildman–Crippen LogP) is -0.839. The zero-order valence-electron chi connectivity index (χ0n) is 10.2. The summed E-state index contributed by atoms with van der Waals surface area (Å²) >= 11 is 0. The van der Waals surface area contributed by atoms with Crippen LogP contribution in [0.5, 0.6) is 0 Å². The van der Waals surface area contributed by atoms with E-state index in [2.05, 4.69) is 4.52 Å². The average Bonchev–Trinajstić information content (AvgIpc) is 2.00. The molecule has 0 radical (unpaired) electrons. The van der Waals surface area contributed by atoms with Crippen molar-refractivity contribution in [3.05, 3.63) is 0 Å². The van der Waals surface area contributed by atoms with Crippen LogP contribution in [0, 0.1) is 0 Å². The van der Waals surface area contributed by atoms with Crippen LogP contribution >= 0.6 is 7.82 Å². The molecular formula is C8H23NO6P+. The highest BCUT2D eigenvalue weighted by Gasteiger charge is 2.15. The third-order valence-electron chi connectivity index (χ3n) is 1.29. The van der Waals surface area contributed by atoms with Crippen molar-refractivity contribution in [1.29, 1.82) is 0 Å².